The predicted molar refractivity (Wildman–Crippen MR) is 93.1 cm³/mol. The number of ether oxygens (including phenoxy) is 3. The van der Waals surface area contributed by atoms with Gasteiger partial charge >= 0.3 is 6.09 Å². The van der Waals surface area contributed by atoms with Crippen LogP contribution in [-0.4, -0.2) is 60.6 Å². The summed E-state index contributed by atoms with van der Waals surface area (Å²) in [5.41, 5.74) is -0.595. The maximum absolute atomic E-state index is 13.0. The molecule has 2 heterocycles. The van der Waals surface area contributed by atoms with Gasteiger partial charge in [-0.05, 0) is 26.7 Å². The first-order valence-corrected chi connectivity index (χ1v) is 9.22. The molecule has 0 aromatic rings. The minimum Gasteiger partial charge on any atom is -0.444 e. The molecule has 2 atom stereocenters. The SMILES string of the molecule is CCC(C)C(NC(=O)OC(C)(C)C)C(=O)N1CCC2(CC1)OCCO2. The van der Waals surface area contributed by atoms with Crippen molar-refractivity contribution in [3.63, 3.8) is 0 Å². The second-order valence-electron chi connectivity index (χ2n) is 7.94. The Balaban J connectivity index is 1.97. The van der Waals surface area contributed by atoms with E-state index >= 15 is 0 Å². The van der Waals surface area contributed by atoms with E-state index in [1.54, 1.807) is 25.7 Å². The first-order chi connectivity index (χ1) is 11.7. The first-order valence-electron chi connectivity index (χ1n) is 9.22. The number of nitrogens with zero attached hydrogens (tertiary/aromatic N) is 1. The molecule has 0 aliphatic carbocycles. The van der Waals surface area contributed by atoms with Crippen LogP contribution < -0.4 is 5.32 Å². The topological polar surface area (TPSA) is 77.1 Å². The Bertz CT molecular complexity index is 472. The molecule has 0 radical (unpaired) electrons. The molecule has 2 unspecified atom stereocenters. The third kappa shape index (κ3) is 5.31. The monoisotopic (exact) mass is 356 g/mol. The Morgan fingerprint density at radius 3 is 2.24 bits per heavy atom. The van der Waals surface area contributed by atoms with Crippen molar-refractivity contribution >= 4 is 12.0 Å². The fourth-order valence-corrected chi connectivity index (χ4v) is 3.17. The molecule has 1 spiro atoms. The van der Waals surface area contributed by atoms with Gasteiger partial charge in [0.25, 0.3) is 0 Å². The van der Waals surface area contributed by atoms with Crippen molar-refractivity contribution in [1.82, 2.24) is 10.2 Å². The van der Waals surface area contributed by atoms with Gasteiger partial charge in [0, 0.05) is 25.9 Å². The van der Waals surface area contributed by atoms with E-state index in [0.717, 1.165) is 6.42 Å². The van der Waals surface area contributed by atoms with E-state index in [9.17, 15) is 9.59 Å². The number of alkyl carbamates (subject to hydrolysis) is 1. The third-order valence-corrected chi connectivity index (χ3v) is 4.80. The quantitative estimate of drug-likeness (QED) is 0.836. The molecule has 144 valence electrons. The maximum atomic E-state index is 13.0. The molecule has 7 nitrogen and oxygen atoms in total. The lowest BCUT2D eigenvalue weighted by molar-refractivity contribution is -0.188. The van der Waals surface area contributed by atoms with Crippen LogP contribution in [0.4, 0.5) is 4.79 Å². The zero-order chi connectivity index (χ0) is 18.7. The number of hydrogen-bond acceptors (Lipinski definition) is 5. The molecule has 7 heteroatoms. The standard InChI is InChI=1S/C18H32N2O5/c1-6-13(2)14(19-16(22)25-17(3,4)5)15(21)20-9-7-18(8-10-20)23-11-12-24-18/h13-14H,6-12H2,1-5H3,(H,19,22). The van der Waals surface area contributed by atoms with Gasteiger partial charge in [0.1, 0.15) is 11.6 Å². The van der Waals surface area contributed by atoms with E-state index in [1.165, 1.54) is 0 Å². The van der Waals surface area contributed by atoms with E-state index in [2.05, 4.69) is 5.32 Å². The number of likely N-dealkylation sites (tertiary alicyclic amines) is 1. The largest absolute Gasteiger partial charge is 0.444 e. The Morgan fingerprint density at radius 1 is 1.20 bits per heavy atom. The van der Waals surface area contributed by atoms with Crippen molar-refractivity contribution in [2.75, 3.05) is 26.3 Å². The van der Waals surface area contributed by atoms with Crippen molar-refractivity contribution in [2.45, 2.75) is 71.3 Å². The molecule has 0 saturated carbocycles. The average molecular weight is 356 g/mol. The highest BCUT2D eigenvalue weighted by molar-refractivity contribution is 5.86. The van der Waals surface area contributed by atoms with Crippen molar-refractivity contribution in [2.24, 2.45) is 5.92 Å². The number of amides is 2. The van der Waals surface area contributed by atoms with Gasteiger partial charge in [-0.3, -0.25) is 4.79 Å². The van der Waals surface area contributed by atoms with Gasteiger partial charge in [-0.1, -0.05) is 20.3 Å². The first kappa shape index (κ1) is 20.0. The summed E-state index contributed by atoms with van der Waals surface area (Å²) in [6.45, 7) is 11.8. The van der Waals surface area contributed by atoms with Crippen molar-refractivity contribution in [3.8, 4) is 0 Å². The molecule has 0 bridgehead atoms. The normalized spacial score (nSPS) is 22.5. The molecule has 0 aromatic heterocycles. The minimum atomic E-state index is -0.595. The summed E-state index contributed by atoms with van der Waals surface area (Å²) in [4.78, 5) is 26.9. The van der Waals surface area contributed by atoms with Gasteiger partial charge < -0.3 is 24.4 Å². The Kier molecular flexibility index (Phi) is 6.32. The van der Waals surface area contributed by atoms with Crippen LogP contribution in [0.3, 0.4) is 0 Å². The lowest BCUT2D eigenvalue weighted by Gasteiger charge is -2.39. The third-order valence-electron chi connectivity index (χ3n) is 4.80. The fourth-order valence-electron chi connectivity index (χ4n) is 3.17. The number of hydrogen-bond donors (Lipinski definition) is 1. The molecule has 2 amide bonds. The molecule has 0 aromatic carbocycles. The Hall–Kier alpha value is -1.34. The zero-order valence-corrected chi connectivity index (χ0v) is 16.1. The lowest BCUT2D eigenvalue weighted by Crippen LogP contribution is -2.56. The molecule has 2 fully saturated rings. The molecule has 2 saturated heterocycles. The molecule has 2 rings (SSSR count). The smallest absolute Gasteiger partial charge is 0.408 e. The van der Waals surface area contributed by atoms with Crippen LogP contribution in [-0.2, 0) is 19.0 Å². The van der Waals surface area contributed by atoms with Gasteiger partial charge in [0.2, 0.25) is 5.91 Å². The van der Waals surface area contributed by atoms with E-state index in [1.807, 2.05) is 13.8 Å². The summed E-state index contributed by atoms with van der Waals surface area (Å²) in [6, 6.07) is -0.584. The van der Waals surface area contributed by atoms with Gasteiger partial charge in [-0.25, -0.2) is 4.79 Å². The molecular formula is C18H32N2O5. The van der Waals surface area contributed by atoms with E-state index in [4.69, 9.17) is 14.2 Å². The van der Waals surface area contributed by atoms with Gasteiger partial charge in [0.15, 0.2) is 5.79 Å². The molecule has 1 N–H and O–H groups in total. The minimum absolute atomic E-state index is 0.0230. The Morgan fingerprint density at radius 2 is 1.76 bits per heavy atom. The molecule has 2 aliphatic heterocycles. The van der Waals surface area contributed by atoms with Crippen LogP contribution in [0.5, 0.6) is 0 Å². The highest BCUT2D eigenvalue weighted by atomic mass is 16.7. The highest BCUT2D eigenvalue weighted by Gasteiger charge is 2.42. The van der Waals surface area contributed by atoms with E-state index in [-0.39, 0.29) is 11.8 Å². The van der Waals surface area contributed by atoms with Gasteiger partial charge in [0.05, 0.1) is 13.2 Å². The summed E-state index contributed by atoms with van der Waals surface area (Å²) >= 11 is 0. The van der Waals surface area contributed by atoms with Crippen molar-refractivity contribution in [3.05, 3.63) is 0 Å². The summed E-state index contributed by atoms with van der Waals surface area (Å²) in [7, 11) is 0. The zero-order valence-electron chi connectivity index (χ0n) is 16.1. The number of carbonyl (C=O) groups excluding carboxylic acids is 2. The molecular weight excluding hydrogens is 324 g/mol. The number of nitrogens with one attached hydrogen (secondary N) is 1. The highest BCUT2D eigenvalue weighted by Crippen LogP contribution is 2.31. The van der Waals surface area contributed by atoms with Crippen LogP contribution in [0.2, 0.25) is 0 Å². The van der Waals surface area contributed by atoms with Crippen LogP contribution >= 0.6 is 0 Å². The van der Waals surface area contributed by atoms with E-state index < -0.39 is 23.5 Å². The van der Waals surface area contributed by atoms with Gasteiger partial charge in [-0.15, -0.1) is 0 Å². The van der Waals surface area contributed by atoms with Crippen LogP contribution in [0.15, 0.2) is 0 Å². The summed E-state index contributed by atoms with van der Waals surface area (Å²) in [5, 5.41) is 2.77. The Labute approximate surface area is 150 Å². The number of rotatable bonds is 4. The fraction of sp³-hybridized carbons (Fsp3) is 0.889. The maximum Gasteiger partial charge on any atom is 0.408 e. The average Bonchev–Trinajstić information content (AvgIpc) is 2.98. The van der Waals surface area contributed by atoms with Crippen molar-refractivity contribution < 1.29 is 23.8 Å². The van der Waals surface area contributed by atoms with Gasteiger partial charge in [-0.2, -0.15) is 0 Å². The number of carbonyl (C=O) groups is 2. The van der Waals surface area contributed by atoms with E-state index in [0.29, 0.717) is 39.1 Å². The van der Waals surface area contributed by atoms with Crippen molar-refractivity contribution in [1.29, 1.82) is 0 Å². The second-order valence-corrected chi connectivity index (χ2v) is 7.94. The summed E-state index contributed by atoms with van der Waals surface area (Å²) < 4.78 is 16.7. The second kappa shape index (κ2) is 7.91. The summed E-state index contributed by atoms with van der Waals surface area (Å²) in [5.74, 6) is -0.552. The predicted octanol–water partition coefficient (Wildman–Crippen LogP) is 2.29. The number of piperidine rings is 1. The summed E-state index contributed by atoms with van der Waals surface area (Å²) in [6.07, 6.45) is 1.56. The molecule has 2 aliphatic rings. The van der Waals surface area contributed by atoms with Crippen LogP contribution in [0, 0.1) is 5.92 Å². The van der Waals surface area contributed by atoms with Crippen LogP contribution in [0.1, 0.15) is 53.9 Å². The van der Waals surface area contributed by atoms with Crippen LogP contribution in [0.25, 0.3) is 0 Å². The molecule has 25 heavy (non-hydrogen) atoms. The lowest BCUT2D eigenvalue weighted by atomic mass is 9.96.